The van der Waals surface area contributed by atoms with Gasteiger partial charge in [-0.05, 0) is 61.1 Å². The van der Waals surface area contributed by atoms with E-state index in [1.165, 1.54) is 42.8 Å². The van der Waals surface area contributed by atoms with E-state index < -0.39 is 8.07 Å². The van der Waals surface area contributed by atoms with Crippen LogP contribution in [-0.2, 0) is 0 Å². The molecule has 0 saturated heterocycles. The lowest BCUT2D eigenvalue weighted by Gasteiger charge is -2.38. The zero-order valence-electron chi connectivity index (χ0n) is 31.5. The number of hydrogen-bond acceptors (Lipinski definition) is 2. The number of nitrogens with zero attached hydrogens (tertiary/aromatic N) is 2. The number of pyridine rings is 1. The summed E-state index contributed by atoms with van der Waals surface area (Å²) in [7, 11) is -2.77. The van der Waals surface area contributed by atoms with Gasteiger partial charge in [0.05, 0.1) is 5.69 Å². The molecule has 0 fully saturated rings. The summed E-state index contributed by atoms with van der Waals surface area (Å²) in [5.41, 5.74) is 10.4. The summed E-state index contributed by atoms with van der Waals surface area (Å²) in [5, 5.41) is 5.36. The molecule has 0 radical (unpaired) electrons. The molecule has 9 aromatic rings. The van der Waals surface area contributed by atoms with Crippen LogP contribution in [0, 0.1) is 0 Å². The Balaban J connectivity index is 1.23. The Bertz CT molecular complexity index is 2700. The first-order valence-corrected chi connectivity index (χ1v) is 21.7. The lowest BCUT2D eigenvalue weighted by atomic mass is 9.46. The number of benzene rings is 8. The molecule has 2 nitrogen and oxygen atoms in total. The quantitative estimate of drug-likeness (QED) is 0.114. The van der Waals surface area contributed by atoms with Crippen molar-refractivity contribution in [2.24, 2.45) is 0 Å². The van der Waals surface area contributed by atoms with Gasteiger partial charge < -0.3 is 4.81 Å². The van der Waals surface area contributed by atoms with Crippen LogP contribution in [-0.4, -0.2) is 19.9 Å². The van der Waals surface area contributed by atoms with Crippen molar-refractivity contribution in [1.82, 2.24) is 4.98 Å². The fourth-order valence-corrected chi connectivity index (χ4v) is 13.7. The molecule has 0 saturated carbocycles. The van der Waals surface area contributed by atoms with Gasteiger partial charge in [0.2, 0.25) is 0 Å². The SMILES string of the molecule is c1ccc(B2c3ccccc3-c3ccccc3N2c2cc(-c3ccccc3)cc(-c3cccc([Si](c4ccccc4)(c4ccccc4)c4ccccc4)c3)n2)cc1. The van der Waals surface area contributed by atoms with E-state index in [0.29, 0.717) is 0 Å². The van der Waals surface area contributed by atoms with E-state index in [0.717, 1.165) is 33.9 Å². The maximum absolute atomic E-state index is 5.68. The van der Waals surface area contributed by atoms with Gasteiger partial charge in [0.15, 0.2) is 8.07 Å². The van der Waals surface area contributed by atoms with Crippen molar-refractivity contribution < 1.29 is 0 Å². The molecule has 8 aromatic carbocycles. The van der Waals surface area contributed by atoms with Crippen molar-refractivity contribution in [2.75, 3.05) is 4.81 Å². The van der Waals surface area contributed by atoms with Crippen LogP contribution in [0.25, 0.3) is 33.5 Å². The minimum absolute atomic E-state index is 0.0793. The highest BCUT2D eigenvalue weighted by Crippen LogP contribution is 2.40. The second-order valence-corrected chi connectivity index (χ2v) is 18.5. The van der Waals surface area contributed by atoms with Crippen LogP contribution in [0.15, 0.2) is 237 Å². The third kappa shape index (κ3) is 6.12. The molecule has 0 bridgehead atoms. The molecule has 1 aliphatic rings. The number of hydrogen-bond donors (Lipinski definition) is 0. The average molecular weight is 743 g/mol. The maximum Gasteiger partial charge on any atom is 0.330 e. The Kier molecular flexibility index (Phi) is 9.02. The van der Waals surface area contributed by atoms with Crippen LogP contribution in [0.1, 0.15) is 0 Å². The highest BCUT2D eigenvalue weighted by molar-refractivity contribution is 7.19. The molecule has 0 N–H and O–H groups in total. The van der Waals surface area contributed by atoms with E-state index >= 15 is 0 Å². The molecule has 1 aliphatic heterocycles. The van der Waals surface area contributed by atoms with Crippen molar-refractivity contribution in [2.45, 2.75) is 0 Å². The monoisotopic (exact) mass is 742 g/mol. The van der Waals surface area contributed by atoms with Crippen LogP contribution in [0.4, 0.5) is 11.5 Å². The Morgan fingerprint density at radius 2 is 0.860 bits per heavy atom. The summed E-state index contributed by atoms with van der Waals surface area (Å²) in [5.74, 6) is 0.908. The second-order valence-electron chi connectivity index (χ2n) is 14.7. The Morgan fingerprint density at radius 3 is 1.49 bits per heavy atom. The highest BCUT2D eigenvalue weighted by atomic mass is 28.3. The van der Waals surface area contributed by atoms with Gasteiger partial charge in [-0.2, -0.15) is 0 Å². The Labute approximate surface area is 336 Å². The van der Waals surface area contributed by atoms with Gasteiger partial charge in [-0.1, -0.05) is 224 Å². The standard InChI is InChI=1S/C53H39BN2Si/c1-6-21-40(22-7-1)42-38-51(55-53(39-42)56-52-36-19-17-34-49(52)48-33-16-18-35-50(48)54(56)43-24-8-2-9-25-43)41-23-20-32-47(37-41)57(44-26-10-3-11-27-44,45-28-12-4-13-29-45)46-30-14-5-15-31-46/h1-39H. The van der Waals surface area contributed by atoms with Gasteiger partial charge in [0, 0.05) is 16.8 Å². The first-order valence-electron chi connectivity index (χ1n) is 19.7. The van der Waals surface area contributed by atoms with E-state index in [1.807, 2.05) is 0 Å². The molecule has 0 aliphatic carbocycles. The van der Waals surface area contributed by atoms with Gasteiger partial charge in [-0.25, -0.2) is 4.98 Å². The first kappa shape index (κ1) is 34.5. The fourth-order valence-electron chi connectivity index (χ4n) is 8.95. The average Bonchev–Trinajstić information content (AvgIpc) is 3.30. The summed E-state index contributed by atoms with van der Waals surface area (Å²) < 4.78 is 0. The maximum atomic E-state index is 5.68. The zero-order chi connectivity index (χ0) is 38.0. The van der Waals surface area contributed by atoms with Crippen molar-refractivity contribution in [3.63, 3.8) is 0 Å². The predicted molar refractivity (Wildman–Crippen MR) is 244 cm³/mol. The van der Waals surface area contributed by atoms with Gasteiger partial charge in [0.25, 0.3) is 0 Å². The zero-order valence-corrected chi connectivity index (χ0v) is 32.5. The van der Waals surface area contributed by atoms with E-state index in [4.69, 9.17) is 4.98 Å². The molecular weight excluding hydrogens is 703 g/mol. The molecular formula is C53H39BN2Si. The third-order valence-corrected chi connectivity index (χ3v) is 16.2. The van der Waals surface area contributed by atoms with Crippen molar-refractivity contribution >= 4 is 58.1 Å². The summed E-state index contributed by atoms with van der Waals surface area (Å²) in [6.07, 6.45) is 0. The van der Waals surface area contributed by atoms with Crippen LogP contribution >= 0.6 is 0 Å². The molecule has 57 heavy (non-hydrogen) atoms. The van der Waals surface area contributed by atoms with Crippen LogP contribution in [0.3, 0.4) is 0 Å². The van der Waals surface area contributed by atoms with Gasteiger partial charge >= 0.3 is 6.85 Å². The van der Waals surface area contributed by atoms with Crippen LogP contribution < -0.4 is 36.5 Å². The number of anilines is 2. The first-order chi connectivity index (χ1) is 28.3. The third-order valence-electron chi connectivity index (χ3n) is 11.5. The van der Waals surface area contributed by atoms with Crippen molar-refractivity contribution in [3.05, 3.63) is 237 Å². The van der Waals surface area contributed by atoms with Crippen molar-refractivity contribution in [3.8, 4) is 33.5 Å². The Morgan fingerprint density at radius 1 is 0.368 bits per heavy atom. The number of fused-ring (bicyclic) bond motifs is 3. The number of para-hydroxylation sites is 1. The lowest BCUT2D eigenvalue weighted by molar-refractivity contribution is 1.23. The number of aromatic nitrogens is 1. The summed E-state index contributed by atoms with van der Waals surface area (Å²) in [4.78, 5) is 8.15. The molecule has 0 spiro atoms. The molecule has 4 heteroatoms. The smallest absolute Gasteiger partial charge is 0.330 e. The lowest BCUT2D eigenvalue weighted by Crippen LogP contribution is -2.74. The number of rotatable bonds is 8. The highest BCUT2D eigenvalue weighted by Gasteiger charge is 2.42. The molecule has 0 amide bonds. The summed E-state index contributed by atoms with van der Waals surface area (Å²) in [6.45, 7) is -0.0793. The van der Waals surface area contributed by atoms with Crippen molar-refractivity contribution in [1.29, 1.82) is 0 Å². The van der Waals surface area contributed by atoms with Gasteiger partial charge in [-0.15, -0.1) is 0 Å². The van der Waals surface area contributed by atoms with E-state index in [2.05, 4.69) is 241 Å². The van der Waals surface area contributed by atoms with E-state index in [1.54, 1.807) is 0 Å². The molecule has 0 atom stereocenters. The van der Waals surface area contributed by atoms with Crippen LogP contribution in [0.5, 0.6) is 0 Å². The molecule has 268 valence electrons. The summed E-state index contributed by atoms with van der Waals surface area (Å²) >= 11 is 0. The van der Waals surface area contributed by atoms with Crippen LogP contribution in [0.2, 0.25) is 0 Å². The predicted octanol–water partition coefficient (Wildman–Crippen LogP) is 8.72. The minimum Gasteiger partial charge on any atom is -0.361 e. The van der Waals surface area contributed by atoms with Gasteiger partial charge in [-0.3, -0.25) is 0 Å². The summed E-state index contributed by atoms with van der Waals surface area (Å²) in [6, 6.07) is 86.4. The van der Waals surface area contributed by atoms with Gasteiger partial charge in [0.1, 0.15) is 5.82 Å². The topological polar surface area (TPSA) is 16.1 Å². The molecule has 2 heterocycles. The van der Waals surface area contributed by atoms with E-state index in [9.17, 15) is 0 Å². The molecule has 10 rings (SSSR count). The van der Waals surface area contributed by atoms with E-state index in [-0.39, 0.29) is 6.85 Å². The molecule has 1 aromatic heterocycles. The minimum atomic E-state index is -2.77. The largest absolute Gasteiger partial charge is 0.361 e. The second kappa shape index (κ2) is 14.9. The molecule has 0 unspecified atom stereocenters. The fraction of sp³-hybridized carbons (Fsp3) is 0. The normalized spacial score (nSPS) is 12.1. The Hall–Kier alpha value is -7.01.